The van der Waals surface area contributed by atoms with Crippen LogP contribution in [0.4, 0.5) is 0 Å². The van der Waals surface area contributed by atoms with Crippen LogP contribution in [0.25, 0.3) is 0 Å². The number of hydrogen-bond acceptors (Lipinski definition) is 10. The molecule has 0 bridgehead atoms. The lowest BCUT2D eigenvalue weighted by Gasteiger charge is -2.50. The summed E-state index contributed by atoms with van der Waals surface area (Å²) >= 11 is 0. The van der Waals surface area contributed by atoms with Crippen LogP contribution in [0.5, 0.6) is 23.0 Å². The summed E-state index contributed by atoms with van der Waals surface area (Å²) in [5.41, 5.74) is 1.42. The molecule has 0 unspecified atom stereocenters. The number of fused-ring (bicyclic) bond motifs is 2. The van der Waals surface area contributed by atoms with Gasteiger partial charge < -0.3 is 39.0 Å². The second-order valence-electron chi connectivity index (χ2n) is 18.2. The molecule has 2 saturated heterocycles. The van der Waals surface area contributed by atoms with Crippen LogP contribution in [0.15, 0.2) is 36.4 Å². The smallest absolute Gasteiger partial charge is 0.310 e. The van der Waals surface area contributed by atoms with Gasteiger partial charge in [-0.05, 0) is 122 Å². The molecule has 7 rings (SSSR count). The van der Waals surface area contributed by atoms with Crippen molar-refractivity contribution in [2.45, 2.75) is 91.3 Å². The number of aromatic hydroxyl groups is 2. The molecule has 0 radical (unpaired) electrons. The number of phenols is 2. The summed E-state index contributed by atoms with van der Waals surface area (Å²) in [5.74, 6) is 0.528. The van der Waals surface area contributed by atoms with E-state index < -0.39 is 23.7 Å². The summed E-state index contributed by atoms with van der Waals surface area (Å²) in [6.45, 7) is 19.9. The predicted molar refractivity (Wildman–Crippen MR) is 215 cm³/mol. The normalized spacial score (nSPS) is 36.9. The molecule has 10 atom stereocenters. The molecule has 3 aliphatic carbocycles. The summed E-state index contributed by atoms with van der Waals surface area (Å²) in [7, 11) is 2.99. The quantitative estimate of drug-likeness (QED) is 0.213. The standard InChI is InChI=1S/C46H66N2O8/c1-9-15-47-21-25(3)31-19-37(27(5)33(31)23-47)55-45(51)43-41(29-11-13-35(49)39(17-29)53-7)44(42(43)30-12-14-36(50)40(18-30)54-8)46(52)56-38-20-32-26(4)22-48(16-10-2)24-34(32)28(38)6/h11-14,17-18,25-28,31-34,37-38,41-44,49-50H,9-10,15-16,19-24H2,1-8H3/t25-,26-,27-,28-,31-,32-,33-,34-,37+,38+,41?,42?,43?,44?/m0/s1. The largest absolute Gasteiger partial charge is 0.504 e. The fourth-order valence-electron chi connectivity index (χ4n) is 12.1. The molecule has 5 fully saturated rings. The van der Waals surface area contributed by atoms with Crippen LogP contribution < -0.4 is 9.47 Å². The molecule has 10 heteroatoms. The van der Waals surface area contributed by atoms with Gasteiger partial charge in [0.1, 0.15) is 12.2 Å². The molecule has 308 valence electrons. The van der Waals surface area contributed by atoms with Crippen molar-refractivity contribution < 1.29 is 38.7 Å². The number of phenolic OH excluding ortho intramolecular Hbond substituents is 2. The molecule has 2 aromatic carbocycles. The third kappa shape index (κ3) is 7.49. The van der Waals surface area contributed by atoms with Crippen molar-refractivity contribution >= 4 is 11.9 Å². The fourth-order valence-corrected chi connectivity index (χ4v) is 12.1. The molecule has 3 saturated carbocycles. The average Bonchev–Trinajstić information content (AvgIpc) is 3.64. The van der Waals surface area contributed by atoms with Crippen LogP contribution in [-0.2, 0) is 19.1 Å². The number of hydrogen-bond donors (Lipinski definition) is 2. The van der Waals surface area contributed by atoms with E-state index in [1.165, 1.54) is 14.2 Å². The van der Waals surface area contributed by atoms with Gasteiger partial charge in [-0.15, -0.1) is 0 Å². The molecule has 2 N–H and O–H groups in total. The molecular formula is C46H66N2O8. The summed E-state index contributed by atoms with van der Waals surface area (Å²) in [4.78, 5) is 34.9. The molecule has 56 heavy (non-hydrogen) atoms. The van der Waals surface area contributed by atoms with Gasteiger partial charge >= 0.3 is 11.9 Å². The summed E-state index contributed by atoms with van der Waals surface area (Å²) in [6.07, 6.45) is 3.45. The Bertz CT molecular complexity index is 1590. The van der Waals surface area contributed by atoms with Gasteiger partial charge in [0.15, 0.2) is 23.0 Å². The Morgan fingerprint density at radius 2 is 1.02 bits per heavy atom. The molecule has 0 aromatic heterocycles. The maximum absolute atomic E-state index is 14.9. The van der Waals surface area contributed by atoms with Crippen molar-refractivity contribution in [3.8, 4) is 23.0 Å². The van der Waals surface area contributed by atoms with Crippen LogP contribution in [0, 0.1) is 59.2 Å². The maximum Gasteiger partial charge on any atom is 0.310 e. The highest BCUT2D eigenvalue weighted by Gasteiger charge is 2.61. The molecule has 5 aliphatic rings. The van der Waals surface area contributed by atoms with Gasteiger partial charge in [-0.1, -0.05) is 53.7 Å². The van der Waals surface area contributed by atoms with Crippen molar-refractivity contribution in [3.05, 3.63) is 47.5 Å². The van der Waals surface area contributed by atoms with Gasteiger partial charge in [0.05, 0.1) is 26.1 Å². The summed E-state index contributed by atoms with van der Waals surface area (Å²) < 4.78 is 24.4. The van der Waals surface area contributed by atoms with Crippen LogP contribution >= 0.6 is 0 Å². The third-order valence-corrected chi connectivity index (χ3v) is 15.0. The lowest BCUT2D eigenvalue weighted by Crippen LogP contribution is -2.53. The summed E-state index contributed by atoms with van der Waals surface area (Å²) in [6, 6.07) is 10.2. The number of benzene rings is 2. The van der Waals surface area contributed by atoms with Gasteiger partial charge in [-0.25, -0.2) is 0 Å². The summed E-state index contributed by atoms with van der Waals surface area (Å²) in [5, 5.41) is 21.2. The van der Waals surface area contributed by atoms with Crippen molar-refractivity contribution in [3.63, 3.8) is 0 Å². The Morgan fingerprint density at radius 1 is 0.625 bits per heavy atom. The molecule has 2 aliphatic heterocycles. The molecule has 2 aromatic rings. The number of esters is 2. The second kappa shape index (κ2) is 16.8. The van der Waals surface area contributed by atoms with Crippen LogP contribution in [-0.4, -0.2) is 97.6 Å². The van der Waals surface area contributed by atoms with E-state index in [1.54, 1.807) is 36.4 Å². The highest BCUT2D eigenvalue weighted by atomic mass is 16.6. The number of ether oxygens (including phenoxy) is 4. The van der Waals surface area contributed by atoms with Gasteiger partial charge in [-0.3, -0.25) is 9.59 Å². The first-order chi connectivity index (χ1) is 26.9. The van der Waals surface area contributed by atoms with Crippen LogP contribution in [0.1, 0.15) is 90.2 Å². The van der Waals surface area contributed by atoms with E-state index in [1.807, 2.05) is 0 Å². The van der Waals surface area contributed by atoms with Crippen molar-refractivity contribution in [2.75, 3.05) is 53.5 Å². The van der Waals surface area contributed by atoms with E-state index in [9.17, 15) is 19.8 Å². The maximum atomic E-state index is 14.9. The highest BCUT2D eigenvalue weighted by Crippen LogP contribution is 2.61. The molecular weight excluding hydrogens is 709 g/mol. The Labute approximate surface area is 334 Å². The van der Waals surface area contributed by atoms with E-state index in [-0.39, 0.29) is 59.0 Å². The number of rotatable bonds is 12. The van der Waals surface area contributed by atoms with E-state index in [2.05, 4.69) is 51.3 Å². The van der Waals surface area contributed by atoms with E-state index in [0.29, 0.717) is 46.6 Å². The number of carbonyl (C=O) groups excluding carboxylic acids is 2. The number of carbonyl (C=O) groups is 2. The van der Waals surface area contributed by atoms with Crippen molar-refractivity contribution in [1.82, 2.24) is 9.80 Å². The molecule has 0 spiro atoms. The zero-order chi connectivity index (χ0) is 40.0. The Balaban J connectivity index is 1.22. The third-order valence-electron chi connectivity index (χ3n) is 15.0. The van der Waals surface area contributed by atoms with Gasteiger partial charge in [0, 0.05) is 38.0 Å². The highest BCUT2D eigenvalue weighted by molar-refractivity contribution is 5.86. The number of nitrogens with zero attached hydrogens (tertiary/aromatic N) is 2. The Kier molecular flexibility index (Phi) is 12.2. The number of piperidine rings is 2. The minimum atomic E-state index is -0.730. The molecule has 10 nitrogen and oxygen atoms in total. The monoisotopic (exact) mass is 774 g/mol. The van der Waals surface area contributed by atoms with E-state index in [0.717, 1.165) is 65.0 Å². The number of methoxy groups -OCH3 is 2. The minimum Gasteiger partial charge on any atom is -0.504 e. The van der Waals surface area contributed by atoms with Gasteiger partial charge in [0.25, 0.3) is 0 Å². The SMILES string of the molecule is CCCN1C[C@H]2[C@H](C)[C@H](OC(=O)C3C(c4ccc(O)c(OC)c4)C(C(=O)O[C@@H]4C[C@@H]5[C@@H](CN(CCC)C[C@@H]5C)[C@@H]4C)C3c3ccc(O)c(OC)c3)C[C@H]2[C@@H](C)C1. The topological polar surface area (TPSA) is 118 Å². The lowest BCUT2D eigenvalue weighted by atomic mass is 9.52. The molecule has 0 amide bonds. The van der Waals surface area contributed by atoms with Gasteiger partial charge in [-0.2, -0.15) is 0 Å². The number of likely N-dealkylation sites (tertiary alicyclic amines) is 2. The first kappa shape index (κ1) is 40.7. The second-order valence-corrected chi connectivity index (χ2v) is 18.2. The lowest BCUT2D eigenvalue weighted by molar-refractivity contribution is -0.175. The first-order valence-electron chi connectivity index (χ1n) is 21.5. The van der Waals surface area contributed by atoms with E-state index >= 15 is 0 Å². The van der Waals surface area contributed by atoms with Crippen LogP contribution in [0.3, 0.4) is 0 Å². The first-order valence-corrected chi connectivity index (χ1v) is 21.5. The zero-order valence-electron chi connectivity index (χ0n) is 34.9. The Hall–Kier alpha value is -3.50. The average molecular weight is 775 g/mol. The zero-order valence-corrected chi connectivity index (χ0v) is 34.9. The van der Waals surface area contributed by atoms with Gasteiger partial charge in [0.2, 0.25) is 0 Å². The van der Waals surface area contributed by atoms with E-state index in [4.69, 9.17) is 18.9 Å². The fraction of sp³-hybridized carbons (Fsp3) is 0.696. The predicted octanol–water partition coefficient (Wildman–Crippen LogP) is 7.32. The Morgan fingerprint density at radius 3 is 1.38 bits per heavy atom. The molecule has 2 heterocycles. The van der Waals surface area contributed by atoms with Crippen molar-refractivity contribution in [2.24, 2.45) is 59.2 Å². The van der Waals surface area contributed by atoms with Crippen LogP contribution in [0.2, 0.25) is 0 Å². The van der Waals surface area contributed by atoms with Crippen molar-refractivity contribution in [1.29, 1.82) is 0 Å². The minimum absolute atomic E-state index is 0.0177.